The van der Waals surface area contributed by atoms with E-state index in [2.05, 4.69) is 32.2 Å². The van der Waals surface area contributed by atoms with Crippen LogP contribution in [-0.2, 0) is 11.3 Å². The van der Waals surface area contributed by atoms with Crippen LogP contribution in [-0.4, -0.2) is 31.2 Å². The number of piperidine rings is 1. The molecule has 15 heavy (non-hydrogen) atoms. The SMILES string of the molecule is B[N+]1(Cc2ccccc2)CCC(=O)CC1. The van der Waals surface area contributed by atoms with Crippen molar-refractivity contribution < 1.29 is 9.19 Å². The van der Waals surface area contributed by atoms with Crippen LogP contribution in [0.1, 0.15) is 18.4 Å². The average molecular weight is 202 g/mol. The van der Waals surface area contributed by atoms with Crippen LogP contribution in [0.15, 0.2) is 30.3 Å². The van der Waals surface area contributed by atoms with Gasteiger partial charge in [-0.25, -0.2) is 0 Å². The van der Waals surface area contributed by atoms with Gasteiger partial charge in [0.05, 0.1) is 32.5 Å². The van der Waals surface area contributed by atoms with Crippen molar-refractivity contribution in [3.8, 4) is 0 Å². The number of rotatable bonds is 2. The van der Waals surface area contributed by atoms with Crippen molar-refractivity contribution in [3.05, 3.63) is 35.9 Å². The summed E-state index contributed by atoms with van der Waals surface area (Å²) in [6.07, 6.45) is 1.51. The maximum Gasteiger partial charge on any atom is 0.373 e. The number of benzene rings is 1. The van der Waals surface area contributed by atoms with Gasteiger partial charge >= 0.3 is 7.98 Å². The molecule has 2 nitrogen and oxygen atoms in total. The summed E-state index contributed by atoms with van der Waals surface area (Å²) in [7, 11) is 2.25. The van der Waals surface area contributed by atoms with E-state index in [1.165, 1.54) is 5.56 Å². The van der Waals surface area contributed by atoms with Crippen molar-refractivity contribution in [2.75, 3.05) is 13.1 Å². The van der Waals surface area contributed by atoms with Gasteiger partial charge in [-0.3, -0.25) is 4.79 Å². The molecule has 0 atom stereocenters. The average Bonchev–Trinajstić information content (AvgIpc) is 2.24. The summed E-state index contributed by atoms with van der Waals surface area (Å²) in [5, 5.41) is 0. The van der Waals surface area contributed by atoms with Gasteiger partial charge in [0.25, 0.3) is 0 Å². The highest BCUT2D eigenvalue weighted by Crippen LogP contribution is 2.17. The van der Waals surface area contributed by atoms with Gasteiger partial charge < -0.3 is 4.39 Å². The number of carbonyl (C=O) groups excluding carboxylic acids is 1. The molecule has 0 unspecified atom stereocenters. The molecule has 3 heteroatoms. The van der Waals surface area contributed by atoms with E-state index in [1.807, 2.05) is 6.07 Å². The first-order valence-electron chi connectivity index (χ1n) is 5.57. The van der Waals surface area contributed by atoms with Crippen molar-refractivity contribution in [1.29, 1.82) is 0 Å². The van der Waals surface area contributed by atoms with Crippen molar-refractivity contribution in [2.45, 2.75) is 19.4 Å². The van der Waals surface area contributed by atoms with E-state index >= 15 is 0 Å². The van der Waals surface area contributed by atoms with Crippen LogP contribution in [0.5, 0.6) is 0 Å². The Morgan fingerprint density at radius 1 is 1.13 bits per heavy atom. The molecular formula is C12H17BNO+. The molecule has 1 aromatic carbocycles. The first-order chi connectivity index (χ1) is 7.18. The molecular weight excluding hydrogens is 185 g/mol. The fourth-order valence-corrected chi connectivity index (χ4v) is 2.21. The molecule has 0 aromatic heterocycles. The number of carbonyl (C=O) groups is 1. The molecule has 78 valence electrons. The Kier molecular flexibility index (Phi) is 2.92. The van der Waals surface area contributed by atoms with Gasteiger partial charge in [0.15, 0.2) is 0 Å². The van der Waals surface area contributed by atoms with Crippen molar-refractivity contribution >= 4 is 13.8 Å². The minimum absolute atomic E-state index is 0.429. The maximum absolute atomic E-state index is 11.2. The molecule has 2 rings (SSSR count). The van der Waals surface area contributed by atoms with Gasteiger partial charge in [-0.15, -0.1) is 0 Å². The Labute approximate surface area is 91.9 Å². The number of likely N-dealkylation sites (tertiary alicyclic amines) is 1. The van der Waals surface area contributed by atoms with Gasteiger partial charge in [-0.05, 0) is 0 Å². The first-order valence-corrected chi connectivity index (χ1v) is 5.57. The highest BCUT2D eigenvalue weighted by atomic mass is 16.1. The van der Waals surface area contributed by atoms with E-state index in [0.29, 0.717) is 5.78 Å². The second kappa shape index (κ2) is 4.19. The molecule has 0 amide bonds. The zero-order valence-electron chi connectivity index (χ0n) is 9.28. The standard InChI is InChI=1S/C12H17BNO/c13-14(8-6-12(15)7-9-14)10-11-4-2-1-3-5-11/h1-5H,6-10,13H2/q+1. The summed E-state index contributed by atoms with van der Waals surface area (Å²) < 4.78 is 1.01. The number of nitrogens with zero attached hydrogens (tertiary/aromatic N) is 1. The minimum Gasteiger partial charge on any atom is -0.395 e. The second-order valence-electron chi connectivity index (χ2n) is 4.75. The zero-order chi connectivity index (χ0) is 10.7. The van der Waals surface area contributed by atoms with Gasteiger partial charge in [0.2, 0.25) is 0 Å². The molecule has 1 heterocycles. The predicted molar refractivity (Wildman–Crippen MR) is 62.9 cm³/mol. The molecule has 1 aliphatic heterocycles. The third-order valence-corrected chi connectivity index (χ3v) is 3.27. The first kappa shape index (κ1) is 10.4. The van der Waals surface area contributed by atoms with E-state index in [4.69, 9.17) is 0 Å². The predicted octanol–water partition coefficient (Wildman–Crippen LogP) is 0.914. The Balaban J connectivity index is 2.02. The largest absolute Gasteiger partial charge is 0.395 e. The summed E-state index contributed by atoms with van der Waals surface area (Å²) in [6.45, 7) is 3.04. The van der Waals surface area contributed by atoms with Crippen LogP contribution in [0, 0.1) is 0 Å². The molecule has 0 bridgehead atoms. The smallest absolute Gasteiger partial charge is 0.373 e. The van der Waals surface area contributed by atoms with E-state index in [9.17, 15) is 4.79 Å². The molecule has 1 aromatic rings. The van der Waals surface area contributed by atoms with Gasteiger partial charge in [-0.1, -0.05) is 30.3 Å². The van der Waals surface area contributed by atoms with Crippen LogP contribution in [0.2, 0.25) is 0 Å². The summed E-state index contributed by atoms with van der Waals surface area (Å²) in [5.74, 6) is 0.429. The monoisotopic (exact) mass is 202 g/mol. The molecule has 1 fully saturated rings. The van der Waals surface area contributed by atoms with Crippen LogP contribution in [0.25, 0.3) is 0 Å². The van der Waals surface area contributed by atoms with Crippen LogP contribution in [0.4, 0.5) is 0 Å². The topological polar surface area (TPSA) is 17.1 Å². The summed E-state index contributed by atoms with van der Waals surface area (Å²) in [5.41, 5.74) is 1.37. The Morgan fingerprint density at radius 3 is 2.33 bits per heavy atom. The number of quaternary nitrogens is 1. The molecule has 0 radical (unpaired) electrons. The Hall–Kier alpha value is -1.09. The quantitative estimate of drug-likeness (QED) is 0.651. The van der Waals surface area contributed by atoms with Crippen molar-refractivity contribution in [3.63, 3.8) is 0 Å². The third kappa shape index (κ3) is 2.69. The van der Waals surface area contributed by atoms with Gasteiger partial charge in [-0.2, -0.15) is 0 Å². The van der Waals surface area contributed by atoms with E-state index in [-0.39, 0.29) is 0 Å². The highest BCUT2D eigenvalue weighted by molar-refractivity contribution is 5.98. The minimum atomic E-state index is 0.429. The van der Waals surface area contributed by atoms with Crippen molar-refractivity contribution in [1.82, 2.24) is 0 Å². The maximum atomic E-state index is 11.2. The molecule has 1 saturated heterocycles. The number of hydrogen-bond acceptors (Lipinski definition) is 1. The van der Waals surface area contributed by atoms with E-state index < -0.39 is 0 Å². The summed E-state index contributed by atoms with van der Waals surface area (Å²) in [4.78, 5) is 11.2. The third-order valence-electron chi connectivity index (χ3n) is 3.27. The molecule has 0 saturated carbocycles. The summed E-state index contributed by atoms with van der Waals surface area (Å²) >= 11 is 0. The highest BCUT2D eigenvalue weighted by Gasteiger charge is 2.27. The lowest BCUT2D eigenvalue weighted by atomic mass is 9.99. The fraction of sp³-hybridized carbons (Fsp3) is 0.417. The van der Waals surface area contributed by atoms with E-state index in [0.717, 1.165) is 36.9 Å². The lowest BCUT2D eigenvalue weighted by Crippen LogP contribution is -2.50. The molecule has 0 spiro atoms. The number of hydrogen-bond donors (Lipinski definition) is 0. The molecule has 0 N–H and O–H groups in total. The van der Waals surface area contributed by atoms with Crippen LogP contribution in [0.3, 0.4) is 0 Å². The molecule has 0 aliphatic carbocycles. The Bertz CT molecular complexity index is 340. The van der Waals surface area contributed by atoms with Crippen molar-refractivity contribution in [2.24, 2.45) is 0 Å². The van der Waals surface area contributed by atoms with Crippen LogP contribution < -0.4 is 0 Å². The second-order valence-corrected chi connectivity index (χ2v) is 4.75. The zero-order valence-corrected chi connectivity index (χ0v) is 9.28. The fourth-order valence-electron chi connectivity index (χ4n) is 2.21. The number of ketones is 1. The van der Waals surface area contributed by atoms with E-state index in [1.54, 1.807) is 0 Å². The van der Waals surface area contributed by atoms with Gasteiger partial charge in [0.1, 0.15) is 5.78 Å². The normalized spacial score (nSPS) is 20.1. The number of Topliss-reactive ketones (excluding diaryl/α,β-unsaturated/α-hetero) is 1. The Morgan fingerprint density at radius 2 is 1.73 bits per heavy atom. The lowest BCUT2D eigenvalue weighted by Gasteiger charge is -2.39. The summed E-state index contributed by atoms with van der Waals surface area (Å²) in [6, 6.07) is 10.5. The lowest BCUT2D eigenvalue weighted by molar-refractivity contribution is -0.832. The van der Waals surface area contributed by atoms with Crippen LogP contribution >= 0.6 is 0 Å². The van der Waals surface area contributed by atoms with Gasteiger partial charge in [0, 0.05) is 5.56 Å². The molecule has 1 aliphatic rings.